The third kappa shape index (κ3) is 3.44. The molecule has 28 heavy (non-hydrogen) atoms. The summed E-state index contributed by atoms with van der Waals surface area (Å²) < 4.78 is 0. The molecule has 2 unspecified atom stereocenters. The quantitative estimate of drug-likeness (QED) is 0.761. The molecule has 1 aromatic carbocycles. The third-order valence-corrected chi connectivity index (χ3v) is 6.15. The number of piperidine rings is 1. The number of piperazine rings is 1. The number of fused-ring (bicyclic) bond motifs is 1. The number of rotatable bonds is 3. The summed E-state index contributed by atoms with van der Waals surface area (Å²) in [6.45, 7) is 9.70. The highest BCUT2D eigenvalue weighted by atomic mass is 16.2. The average molecular weight is 384 g/mol. The summed E-state index contributed by atoms with van der Waals surface area (Å²) >= 11 is 0. The molecule has 150 valence electrons. The number of carbonyl (C=O) groups excluding carboxylic acids is 3. The highest BCUT2D eigenvalue weighted by Crippen LogP contribution is 2.31. The largest absolute Gasteiger partial charge is 0.322 e. The molecule has 1 aromatic rings. The minimum Gasteiger partial charge on any atom is -0.322 e. The molecule has 0 aliphatic carbocycles. The molecule has 7 heteroatoms. The van der Waals surface area contributed by atoms with E-state index in [1.165, 1.54) is 0 Å². The van der Waals surface area contributed by atoms with Crippen molar-refractivity contribution in [1.82, 2.24) is 20.4 Å². The van der Waals surface area contributed by atoms with Crippen molar-refractivity contribution in [2.24, 2.45) is 0 Å². The van der Waals surface area contributed by atoms with E-state index in [1.807, 2.05) is 12.1 Å². The van der Waals surface area contributed by atoms with E-state index < -0.39 is 6.04 Å². The van der Waals surface area contributed by atoms with Gasteiger partial charge in [0, 0.05) is 49.7 Å². The molecule has 0 saturated carbocycles. The fourth-order valence-corrected chi connectivity index (χ4v) is 4.50. The van der Waals surface area contributed by atoms with Gasteiger partial charge in [0.15, 0.2) is 0 Å². The van der Waals surface area contributed by atoms with Crippen LogP contribution in [0.15, 0.2) is 18.2 Å². The normalized spacial score (nSPS) is 27.7. The van der Waals surface area contributed by atoms with Gasteiger partial charge in [0.2, 0.25) is 11.8 Å². The zero-order valence-corrected chi connectivity index (χ0v) is 16.7. The van der Waals surface area contributed by atoms with Crippen LogP contribution in [0.4, 0.5) is 0 Å². The number of amides is 3. The van der Waals surface area contributed by atoms with Crippen LogP contribution >= 0.6 is 0 Å². The van der Waals surface area contributed by atoms with Crippen LogP contribution in [-0.2, 0) is 22.7 Å². The van der Waals surface area contributed by atoms with E-state index in [2.05, 4.69) is 42.4 Å². The van der Waals surface area contributed by atoms with Crippen LogP contribution in [0.2, 0.25) is 0 Å². The predicted molar refractivity (Wildman–Crippen MR) is 104 cm³/mol. The van der Waals surface area contributed by atoms with E-state index in [9.17, 15) is 14.4 Å². The fraction of sp³-hybridized carbons (Fsp3) is 0.571. The molecule has 0 bridgehead atoms. The summed E-state index contributed by atoms with van der Waals surface area (Å²) in [7, 11) is 0. The van der Waals surface area contributed by atoms with E-state index in [0.717, 1.165) is 30.8 Å². The average Bonchev–Trinajstić information content (AvgIpc) is 2.96. The Morgan fingerprint density at radius 3 is 2.75 bits per heavy atom. The molecule has 2 atom stereocenters. The lowest BCUT2D eigenvalue weighted by Crippen LogP contribution is -2.60. The summed E-state index contributed by atoms with van der Waals surface area (Å²) in [5.74, 6) is -0.738. The lowest BCUT2D eigenvalue weighted by atomic mass is 9.97. The molecular formula is C21H28N4O3. The molecule has 0 radical (unpaired) electrons. The van der Waals surface area contributed by atoms with Gasteiger partial charge in [-0.3, -0.25) is 24.6 Å². The monoisotopic (exact) mass is 384 g/mol. The highest BCUT2D eigenvalue weighted by Gasteiger charge is 2.40. The van der Waals surface area contributed by atoms with Crippen LogP contribution in [0.25, 0.3) is 0 Å². The number of nitrogens with zero attached hydrogens (tertiary/aromatic N) is 2. The first-order chi connectivity index (χ1) is 13.2. The molecule has 3 aliphatic heterocycles. The van der Waals surface area contributed by atoms with E-state index in [0.29, 0.717) is 24.6 Å². The Hall–Kier alpha value is -2.25. The third-order valence-electron chi connectivity index (χ3n) is 6.15. The Morgan fingerprint density at radius 2 is 2.00 bits per heavy atom. The van der Waals surface area contributed by atoms with Gasteiger partial charge in [0.1, 0.15) is 6.04 Å². The topological polar surface area (TPSA) is 81.8 Å². The number of nitrogens with one attached hydrogen (secondary N) is 2. The van der Waals surface area contributed by atoms with E-state index in [-0.39, 0.29) is 29.7 Å². The number of hydrogen-bond donors (Lipinski definition) is 2. The zero-order valence-electron chi connectivity index (χ0n) is 16.7. The molecular weight excluding hydrogens is 356 g/mol. The molecule has 7 nitrogen and oxygen atoms in total. The Labute approximate surface area is 165 Å². The molecule has 2 saturated heterocycles. The van der Waals surface area contributed by atoms with Gasteiger partial charge in [-0.2, -0.15) is 0 Å². The molecule has 3 amide bonds. The van der Waals surface area contributed by atoms with Crippen molar-refractivity contribution in [3.8, 4) is 0 Å². The molecule has 2 N–H and O–H groups in total. The van der Waals surface area contributed by atoms with Crippen LogP contribution in [0.5, 0.6) is 0 Å². The van der Waals surface area contributed by atoms with Crippen LogP contribution in [0.1, 0.15) is 55.1 Å². The first kappa shape index (κ1) is 19.1. The number of hydrogen-bond acceptors (Lipinski definition) is 5. The van der Waals surface area contributed by atoms with Gasteiger partial charge in [-0.15, -0.1) is 0 Å². The van der Waals surface area contributed by atoms with Gasteiger partial charge in [-0.05, 0) is 44.4 Å². The lowest BCUT2D eigenvalue weighted by Gasteiger charge is -2.43. The summed E-state index contributed by atoms with van der Waals surface area (Å²) in [5.41, 5.74) is 2.90. The molecule has 0 spiro atoms. The minimum absolute atomic E-state index is 0.0546. The smallest absolute Gasteiger partial charge is 0.255 e. The van der Waals surface area contributed by atoms with Gasteiger partial charge in [-0.1, -0.05) is 12.1 Å². The minimum atomic E-state index is -0.567. The van der Waals surface area contributed by atoms with Crippen LogP contribution in [-0.4, -0.2) is 58.2 Å². The maximum absolute atomic E-state index is 13.0. The van der Waals surface area contributed by atoms with Crippen molar-refractivity contribution in [2.75, 3.05) is 13.1 Å². The Balaban J connectivity index is 1.56. The molecule has 0 aromatic heterocycles. The maximum Gasteiger partial charge on any atom is 0.255 e. The summed E-state index contributed by atoms with van der Waals surface area (Å²) in [4.78, 5) is 40.8. The second kappa shape index (κ2) is 6.97. The van der Waals surface area contributed by atoms with Gasteiger partial charge in [0.05, 0.1) is 0 Å². The van der Waals surface area contributed by atoms with Crippen LogP contribution in [0.3, 0.4) is 0 Å². The molecule has 3 aliphatic rings. The summed E-state index contributed by atoms with van der Waals surface area (Å²) in [5, 5.41) is 5.93. The highest BCUT2D eigenvalue weighted by molar-refractivity contribution is 6.05. The van der Waals surface area contributed by atoms with Crippen molar-refractivity contribution in [3.63, 3.8) is 0 Å². The van der Waals surface area contributed by atoms with E-state index >= 15 is 0 Å². The van der Waals surface area contributed by atoms with Gasteiger partial charge in [-0.25, -0.2) is 0 Å². The SMILES string of the molecule is CC1CNC(C)(C)CN1Cc1cccc2c1CN(C1CCC(=O)NC1=O)C2=O. The lowest BCUT2D eigenvalue weighted by molar-refractivity contribution is -0.136. The van der Waals surface area contributed by atoms with Crippen molar-refractivity contribution < 1.29 is 14.4 Å². The fourth-order valence-electron chi connectivity index (χ4n) is 4.50. The summed E-state index contributed by atoms with van der Waals surface area (Å²) in [6, 6.07) is 5.70. The van der Waals surface area contributed by atoms with Crippen molar-refractivity contribution >= 4 is 17.7 Å². The van der Waals surface area contributed by atoms with Crippen molar-refractivity contribution in [2.45, 2.75) is 64.3 Å². The molecule has 2 fully saturated rings. The maximum atomic E-state index is 13.0. The van der Waals surface area contributed by atoms with Crippen molar-refractivity contribution in [1.29, 1.82) is 0 Å². The first-order valence-corrected chi connectivity index (χ1v) is 10.00. The second-order valence-corrected chi connectivity index (χ2v) is 8.86. The standard InChI is InChI=1S/C21H28N4O3/c1-13-9-22-21(2,3)12-24(13)10-14-5-4-6-15-16(14)11-25(20(15)28)17-7-8-18(26)23-19(17)27/h4-6,13,17,22H,7-12H2,1-3H3,(H,23,26,27). The second-order valence-electron chi connectivity index (χ2n) is 8.86. The Morgan fingerprint density at radius 1 is 1.21 bits per heavy atom. The van der Waals surface area contributed by atoms with Crippen LogP contribution in [0, 0.1) is 0 Å². The van der Waals surface area contributed by atoms with Gasteiger partial charge in [0.25, 0.3) is 5.91 Å². The Bertz CT molecular complexity index is 835. The van der Waals surface area contributed by atoms with Crippen molar-refractivity contribution in [3.05, 3.63) is 34.9 Å². The van der Waals surface area contributed by atoms with Gasteiger partial charge < -0.3 is 10.2 Å². The van der Waals surface area contributed by atoms with Gasteiger partial charge >= 0.3 is 0 Å². The van der Waals surface area contributed by atoms with Crippen LogP contribution < -0.4 is 10.6 Å². The van der Waals surface area contributed by atoms with E-state index in [4.69, 9.17) is 0 Å². The summed E-state index contributed by atoms with van der Waals surface area (Å²) in [6.07, 6.45) is 0.666. The zero-order chi connectivity index (χ0) is 20.1. The molecule has 3 heterocycles. The first-order valence-electron chi connectivity index (χ1n) is 10.00. The Kier molecular flexibility index (Phi) is 4.75. The number of benzene rings is 1. The number of carbonyl (C=O) groups is 3. The molecule has 4 rings (SSSR count). The number of imide groups is 1. The predicted octanol–water partition coefficient (Wildman–Crippen LogP) is 1.02. The van der Waals surface area contributed by atoms with E-state index in [1.54, 1.807) is 4.90 Å².